The SMILES string of the molecule is CCN1C[C@@H](C(=O)NCCS(=O)(=O)c2ccc(F)cc2)CCC1=O. The molecule has 6 nitrogen and oxygen atoms in total. The van der Waals surface area contributed by atoms with Crippen molar-refractivity contribution in [3.63, 3.8) is 0 Å². The minimum atomic E-state index is -3.57. The second-order valence-corrected chi connectivity index (χ2v) is 7.84. The minimum Gasteiger partial charge on any atom is -0.355 e. The van der Waals surface area contributed by atoms with Crippen molar-refractivity contribution < 1.29 is 22.4 Å². The summed E-state index contributed by atoms with van der Waals surface area (Å²) in [6.45, 7) is 2.76. The first kappa shape index (κ1) is 18.4. The van der Waals surface area contributed by atoms with Gasteiger partial charge in [-0.1, -0.05) is 0 Å². The van der Waals surface area contributed by atoms with E-state index in [0.717, 1.165) is 12.1 Å². The molecule has 132 valence electrons. The summed E-state index contributed by atoms with van der Waals surface area (Å²) in [7, 11) is -3.57. The average molecular weight is 356 g/mol. The van der Waals surface area contributed by atoms with Crippen molar-refractivity contribution in [2.24, 2.45) is 5.92 Å². The molecule has 2 rings (SSSR count). The molecule has 1 saturated heterocycles. The van der Waals surface area contributed by atoms with Gasteiger partial charge in [0.1, 0.15) is 5.82 Å². The van der Waals surface area contributed by atoms with Gasteiger partial charge in [-0.3, -0.25) is 9.59 Å². The Labute approximate surface area is 140 Å². The third-order valence-electron chi connectivity index (χ3n) is 4.10. The predicted molar refractivity (Wildman–Crippen MR) is 86.4 cm³/mol. The summed E-state index contributed by atoms with van der Waals surface area (Å²) >= 11 is 0. The molecule has 1 aliphatic rings. The molecule has 0 spiro atoms. The number of likely N-dealkylation sites (tertiary alicyclic amines) is 1. The van der Waals surface area contributed by atoms with Crippen molar-refractivity contribution >= 4 is 21.7 Å². The fourth-order valence-electron chi connectivity index (χ4n) is 2.65. The van der Waals surface area contributed by atoms with Gasteiger partial charge in [-0.05, 0) is 37.6 Å². The molecule has 0 bridgehead atoms. The number of piperidine rings is 1. The Kier molecular flexibility index (Phi) is 5.93. The van der Waals surface area contributed by atoms with E-state index < -0.39 is 15.7 Å². The van der Waals surface area contributed by atoms with Crippen molar-refractivity contribution in [1.82, 2.24) is 10.2 Å². The van der Waals surface area contributed by atoms with Crippen LogP contribution in [0.5, 0.6) is 0 Å². The number of carbonyl (C=O) groups excluding carboxylic acids is 2. The summed E-state index contributed by atoms with van der Waals surface area (Å²) in [6, 6.07) is 4.59. The highest BCUT2D eigenvalue weighted by Crippen LogP contribution is 2.17. The number of carbonyl (C=O) groups is 2. The van der Waals surface area contributed by atoms with Gasteiger partial charge in [0.25, 0.3) is 0 Å². The Hall–Kier alpha value is -1.96. The average Bonchev–Trinajstić information content (AvgIpc) is 2.55. The van der Waals surface area contributed by atoms with E-state index in [4.69, 9.17) is 0 Å². The van der Waals surface area contributed by atoms with Crippen LogP contribution in [0.2, 0.25) is 0 Å². The maximum Gasteiger partial charge on any atom is 0.224 e. The molecule has 8 heteroatoms. The van der Waals surface area contributed by atoms with E-state index in [0.29, 0.717) is 25.9 Å². The van der Waals surface area contributed by atoms with Crippen molar-refractivity contribution in [3.8, 4) is 0 Å². The number of halogens is 1. The lowest BCUT2D eigenvalue weighted by Crippen LogP contribution is -2.46. The van der Waals surface area contributed by atoms with E-state index in [1.54, 1.807) is 4.90 Å². The Bertz CT molecular complexity index is 703. The highest BCUT2D eigenvalue weighted by Gasteiger charge is 2.29. The van der Waals surface area contributed by atoms with Crippen LogP contribution in [-0.2, 0) is 19.4 Å². The summed E-state index contributed by atoms with van der Waals surface area (Å²) in [4.78, 5) is 25.4. The second kappa shape index (κ2) is 7.74. The van der Waals surface area contributed by atoms with Crippen LogP contribution in [0.3, 0.4) is 0 Å². The van der Waals surface area contributed by atoms with E-state index in [1.807, 2.05) is 6.92 Å². The number of benzene rings is 1. The van der Waals surface area contributed by atoms with E-state index in [1.165, 1.54) is 12.1 Å². The summed E-state index contributed by atoms with van der Waals surface area (Å²) in [5.74, 6) is -1.27. The molecule has 1 heterocycles. The van der Waals surface area contributed by atoms with E-state index in [9.17, 15) is 22.4 Å². The van der Waals surface area contributed by atoms with Crippen LogP contribution in [0.25, 0.3) is 0 Å². The number of amides is 2. The molecule has 24 heavy (non-hydrogen) atoms. The molecule has 1 fully saturated rings. The van der Waals surface area contributed by atoms with Gasteiger partial charge >= 0.3 is 0 Å². The molecule has 2 amide bonds. The number of nitrogens with zero attached hydrogens (tertiary/aromatic N) is 1. The van der Waals surface area contributed by atoms with Crippen LogP contribution < -0.4 is 5.32 Å². The van der Waals surface area contributed by atoms with Crippen molar-refractivity contribution in [1.29, 1.82) is 0 Å². The Morgan fingerprint density at radius 3 is 2.62 bits per heavy atom. The predicted octanol–water partition coefficient (Wildman–Crippen LogP) is 0.974. The summed E-state index contributed by atoms with van der Waals surface area (Å²) in [5.41, 5.74) is 0. The number of hydrogen-bond acceptors (Lipinski definition) is 4. The van der Waals surface area contributed by atoms with Crippen LogP contribution in [0.1, 0.15) is 19.8 Å². The van der Waals surface area contributed by atoms with Crippen LogP contribution >= 0.6 is 0 Å². The summed E-state index contributed by atoms with van der Waals surface area (Å²) in [5, 5.41) is 2.62. The minimum absolute atomic E-state index is 0.0187. The van der Waals surface area contributed by atoms with Gasteiger partial charge in [0.2, 0.25) is 11.8 Å². The van der Waals surface area contributed by atoms with Crippen LogP contribution in [0, 0.1) is 11.7 Å². The number of nitrogens with one attached hydrogen (secondary N) is 1. The van der Waals surface area contributed by atoms with Gasteiger partial charge in [0.15, 0.2) is 9.84 Å². The van der Waals surface area contributed by atoms with Gasteiger partial charge in [0, 0.05) is 26.1 Å². The largest absolute Gasteiger partial charge is 0.355 e. The van der Waals surface area contributed by atoms with Gasteiger partial charge in [0.05, 0.1) is 16.6 Å². The zero-order chi connectivity index (χ0) is 17.7. The quantitative estimate of drug-likeness (QED) is 0.770. The fraction of sp³-hybridized carbons (Fsp3) is 0.500. The highest BCUT2D eigenvalue weighted by atomic mass is 32.2. The Balaban J connectivity index is 1.86. The molecule has 1 aliphatic heterocycles. The Morgan fingerprint density at radius 2 is 2.00 bits per heavy atom. The molecule has 0 saturated carbocycles. The summed E-state index contributed by atoms with van der Waals surface area (Å²) in [6.07, 6.45) is 0.811. The van der Waals surface area contributed by atoms with Gasteiger partial charge in [-0.2, -0.15) is 0 Å². The van der Waals surface area contributed by atoms with Gasteiger partial charge in [-0.15, -0.1) is 0 Å². The van der Waals surface area contributed by atoms with Gasteiger partial charge < -0.3 is 10.2 Å². The lowest BCUT2D eigenvalue weighted by atomic mass is 9.97. The molecular weight excluding hydrogens is 335 g/mol. The van der Waals surface area contributed by atoms with Crippen LogP contribution in [0.15, 0.2) is 29.2 Å². The van der Waals surface area contributed by atoms with Crippen molar-refractivity contribution in [2.75, 3.05) is 25.4 Å². The molecule has 0 aromatic heterocycles. The smallest absolute Gasteiger partial charge is 0.224 e. The van der Waals surface area contributed by atoms with Gasteiger partial charge in [-0.25, -0.2) is 12.8 Å². The Morgan fingerprint density at radius 1 is 1.33 bits per heavy atom. The molecule has 1 aromatic rings. The van der Waals surface area contributed by atoms with Crippen LogP contribution in [0.4, 0.5) is 4.39 Å². The first-order valence-electron chi connectivity index (χ1n) is 7.87. The number of rotatable bonds is 6. The topological polar surface area (TPSA) is 83.6 Å². The molecular formula is C16H21FN2O4S. The molecule has 1 aromatic carbocycles. The normalized spacial score (nSPS) is 18.5. The molecule has 0 unspecified atom stereocenters. The summed E-state index contributed by atoms with van der Waals surface area (Å²) < 4.78 is 37.1. The van der Waals surface area contributed by atoms with Crippen molar-refractivity contribution in [3.05, 3.63) is 30.1 Å². The number of hydrogen-bond donors (Lipinski definition) is 1. The first-order chi connectivity index (χ1) is 11.3. The maximum atomic E-state index is 12.8. The molecule has 1 atom stereocenters. The van der Waals surface area contributed by atoms with E-state index in [-0.39, 0.29) is 34.9 Å². The molecule has 1 N–H and O–H groups in total. The van der Waals surface area contributed by atoms with E-state index in [2.05, 4.69) is 5.32 Å². The molecule has 0 radical (unpaired) electrons. The number of sulfone groups is 1. The zero-order valence-corrected chi connectivity index (χ0v) is 14.3. The lowest BCUT2D eigenvalue weighted by Gasteiger charge is -2.31. The second-order valence-electron chi connectivity index (χ2n) is 5.73. The highest BCUT2D eigenvalue weighted by molar-refractivity contribution is 7.91. The molecule has 0 aliphatic carbocycles. The monoisotopic (exact) mass is 356 g/mol. The third kappa shape index (κ3) is 4.53. The maximum absolute atomic E-state index is 12.8. The standard InChI is InChI=1S/C16H21FN2O4S/c1-2-19-11-12(3-8-15(19)20)16(21)18-9-10-24(22,23)14-6-4-13(17)5-7-14/h4-7,12H,2-3,8-11H2,1H3,(H,18,21)/t12-/m0/s1. The van der Waals surface area contributed by atoms with Crippen LogP contribution in [-0.4, -0.2) is 50.5 Å². The first-order valence-corrected chi connectivity index (χ1v) is 9.52. The third-order valence-corrected chi connectivity index (χ3v) is 5.83. The zero-order valence-electron chi connectivity index (χ0n) is 13.5. The lowest BCUT2D eigenvalue weighted by molar-refractivity contribution is -0.138. The fourth-order valence-corrected chi connectivity index (χ4v) is 3.80. The van der Waals surface area contributed by atoms with Crippen molar-refractivity contribution in [2.45, 2.75) is 24.7 Å². The van der Waals surface area contributed by atoms with E-state index >= 15 is 0 Å².